The van der Waals surface area contributed by atoms with Gasteiger partial charge in [0.2, 0.25) is 5.13 Å². The van der Waals surface area contributed by atoms with Crippen LogP contribution in [0.3, 0.4) is 0 Å². The number of carbonyl (C=O) groups excluding carboxylic acids is 4. The number of hydrogen-bond acceptors (Lipinski definition) is 15. The average Bonchev–Trinajstić information content (AvgIpc) is 3.80. The van der Waals surface area contributed by atoms with Crippen LogP contribution in [-0.4, -0.2) is 69.9 Å². The molecule has 0 amide bonds. The third-order valence-electron chi connectivity index (χ3n) is 10.3. The van der Waals surface area contributed by atoms with Crippen LogP contribution in [-0.2, 0) is 29.1 Å². The molecular weight excluding hydrogens is 935 g/mol. The van der Waals surface area contributed by atoms with Crippen LogP contribution in [0, 0.1) is 6.92 Å². The van der Waals surface area contributed by atoms with Crippen molar-refractivity contribution in [1.29, 1.82) is 0 Å². The standard InChI is InChI=1S/C53H53N3O12S2/c1-4-49(57)65-34-14-8-6-12-32-63-42-24-20-39(21-25-42)51(59)67-44-28-31-47(68-52(60)40-22-26-43(27-23-40)64-33-13-7-9-15-35-66-50(58)5-2)41(36-44)37-54-56(53-55-46-16-10-11-17-48(46)69-53)70(61,62)45-29-18-38(3)19-30-45/h4-5,10-11,16-31,36-37H,1-2,6-9,12-15,32-35H2,3H3. The number of carbonyl (C=O) groups is 4. The maximum Gasteiger partial charge on any atom is 0.343 e. The zero-order valence-electron chi connectivity index (χ0n) is 38.7. The molecule has 0 aliphatic carbocycles. The predicted octanol–water partition coefficient (Wildman–Crippen LogP) is 10.6. The molecule has 0 saturated heterocycles. The fourth-order valence-corrected chi connectivity index (χ4v) is 8.86. The normalized spacial score (nSPS) is 11.2. The SMILES string of the molecule is C=CC(=O)OCCCCCCOc1ccc(C(=O)Oc2ccc(OC(=O)c3ccc(OCCCCCCOC(=O)C=C)cc3)c(C=NN(c3nc4ccccc4s3)S(=O)(=O)c3ccc(C)cc3)c2)cc1. The summed E-state index contributed by atoms with van der Waals surface area (Å²) in [5, 5.41) is 4.52. The Balaban J connectivity index is 1.17. The maximum absolute atomic E-state index is 14.3. The van der Waals surface area contributed by atoms with Gasteiger partial charge in [0.05, 0.1) is 58.9 Å². The van der Waals surface area contributed by atoms with Crippen LogP contribution in [0.25, 0.3) is 10.2 Å². The maximum atomic E-state index is 14.3. The number of sulfonamides is 1. The van der Waals surface area contributed by atoms with Crippen LogP contribution in [0.4, 0.5) is 5.13 Å². The highest BCUT2D eigenvalue weighted by molar-refractivity contribution is 7.93. The molecular formula is C53H53N3O12S2. The molecule has 0 fully saturated rings. The molecule has 0 N–H and O–H groups in total. The van der Waals surface area contributed by atoms with Gasteiger partial charge < -0.3 is 28.4 Å². The first-order valence-electron chi connectivity index (χ1n) is 22.6. The van der Waals surface area contributed by atoms with Gasteiger partial charge in [-0.2, -0.15) is 13.5 Å². The first kappa shape index (κ1) is 51.8. The third kappa shape index (κ3) is 15.4. The fraction of sp³-hybridized carbons (Fsp3) is 0.245. The van der Waals surface area contributed by atoms with Gasteiger partial charge in [-0.3, -0.25) is 0 Å². The van der Waals surface area contributed by atoms with Crippen LogP contribution >= 0.6 is 11.3 Å². The van der Waals surface area contributed by atoms with E-state index in [0.717, 1.165) is 89.5 Å². The number of rotatable bonds is 27. The summed E-state index contributed by atoms with van der Waals surface area (Å²) >= 11 is 1.12. The summed E-state index contributed by atoms with van der Waals surface area (Å²) in [7, 11) is -4.34. The number of hydrogen-bond donors (Lipinski definition) is 0. The number of unbranched alkanes of at least 4 members (excludes halogenated alkanes) is 6. The van der Waals surface area contributed by atoms with Gasteiger partial charge in [0, 0.05) is 17.7 Å². The van der Waals surface area contributed by atoms with E-state index in [-0.39, 0.29) is 38.2 Å². The Kier molecular flexibility index (Phi) is 19.4. The lowest BCUT2D eigenvalue weighted by Gasteiger charge is -2.17. The number of esters is 4. The van der Waals surface area contributed by atoms with E-state index in [1.54, 1.807) is 72.8 Å². The monoisotopic (exact) mass is 987 g/mol. The number of ether oxygens (including phenoxy) is 6. The molecule has 364 valence electrons. The van der Waals surface area contributed by atoms with Gasteiger partial charge in [-0.15, -0.1) is 4.41 Å². The number of benzene rings is 5. The molecule has 70 heavy (non-hydrogen) atoms. The third-order valence-corrected chi connectivity index (χ3v) is 13.0. The Morgan fingerprint density at radius 3 is 1.69 bits per heavy atom. The lowest BCUT2D eigenvalue weighted by Crippen LogP contribution is -2.26. The van der Waals surface area contributed by atoms with Crippen molar-refractivity contribution < 1.29 is 56.0 Å². The van der Waals surface area contributed by atoms with Crippen molar-refractivity contribution in [2.75, 3.05) is 30.8 Å². The smallest absolute Gasteiger partial charge is 0.343 e. The summed E-state index contributed by atoms with van der Waals surface area (Å²) < 4.78 is 63.5. The summed E-state index contributed by atoms with van der Waals surface area (Å²) in [5.74, 6) is -1.14. The molecule has 0 atom stereocenters. The first-order valence-corrected chi connectivity index (χ1v) is 24.8. The second-order valence-electron chi connectivity index (χ2n) is 15.6. The van der Waals surface area contributed by atoms with Crippen molar-refractivity contribution in [3.63, 3.8) is 0 Å². The minimum absolute atomic E-state index is 0.0113. The van der Waals surface area contributed by atoms with Gasteiger partial charge in [0.25, 0.3) is 10.0 Å². The van der Waals surface area contributed by atoms with Gasteiger partial charge in [0.15, 0.2) is 0 Å². The summed E-state index contributed by atoms with van der Waals surface area (Å²) in [6.45, 7) is 10.2. The Bertz CT molecular complexity index is 2850. The molecule has 6 rings (SSSR count). The lowest BCUT2D eigenvalue weighted by molar-refractivity contribution is -0.138. The quantitative estimate of drug-likeness (QED) is 0.0119. The number of hydrazone groups is 1. The summed E-state index contributed by atoms with van der Waals surface area (Å²) in [6, 6.07) is 30.7. The summed E-state index contributed by atoms with van der Waals surface area (Å²) in [4.78, 5) is 54.0. The molecule has 0 bridgehead atoms. The number of aromatic nitrogens is 1. The fourth-order valence-electron chi connectivity index (χ4n) is 6.52. The van der Waals surface area contributed by atoms with E-state index in [0.29, 0.717) is 43.4 Å². The van der Waals surface area contributed by atoms with Crippen molar-refractivity contribution in [2.24, 2.45) is 5.10 Å². The van der Waals surface area contributed by atoms with Gasteiger partial charge in [-0.25, -0.2) is 24.2 Å². The molecule has 6 aromatic rings. The van der Waals surface area contributed by atoms with Gasteiger partial charge in [-0.1, -0.05) is 54.3 Å². The molecule has 17 heteroatoms. The highest BCUT2D eigenvalue weighted by Gasteiger charge is 2.28. The number of anilines is 1. The first-order chi connectivity index (χ1) is 33.9. The molecule has 15 nitrogen and oxygen atoms in total. The number of nitrogens with zero attached hydrogens (tertiary/aromatic N) is 3. The Labute approximate surface area is 411 Å². The van der Waals surface area contributed by atoms with E-state index in [2.05, 4.69) is 23.2 Å². The van der Waals surface area contributed by atoms with Crippen LogP contribution in [0.5, 0.6) is 23.0 Å². The van der Waals surface area contributed by atoms with Gasteiger partial charge >= 0.3 is 23.9 Å². The lowest BCUT2D eigenvalue weighted by atomic mass is 10.2. The van der Waals surface area contributed by atoms with E-state index < -0.39 is 33.9 Å². The van der Waals surface area contributed by atoms with E-state index in [9.17, 15) is 27.6 Å². The van der Waals surface area contributed by atoms with E-state index in [4.69, 9.17) is 28.4 Å². The van der Waals surface area contributed by atoms with Crippen molar-refractivity contribution in [1.82, 2.24) is 4.98 Å². The van der Waals surface area contributed by atoms with Gasteiger partial charge in [0.1, 0.15) is 23.0 Å². The van der Waals surface area contributed by atoms with Crippen molar-refractivity contribution in [2.45, 2.75) is 63.2 Å². The Morgan fingerprint density at radius 2 is 1.14 bits per heavy atom. The summed E-state index contributed by atoms with van der Waals surface area (Å²) in [6.07, 6.45) is 10.0. The molecule has 0 radical (unpaired) electrons. The van der Waals surface area contributed by atoms with Crippen LogP contribution < -0.4 is 23.4 Å². The Hall–Kier alpha value is -7.63. The van der Waals surface area contributed by atoms with E-state index in [1.807, 2.05) is 19.1 Å². The molecule has 5 aromatic carbocycles. The summed E-state index contributed by atoms with van der Waals surface area (Å²) in [5.41, 5.74) is 1.96. The van der Waals surface area contributed by atoms with Crippen LogP contribution in [0.1, 0.15) is 83.2 Å². The molecule has 1 aromatic heterocycles. The Morgan fingerprint density at radius 1 is 0.629 bits per heavy atom. The minimum atomic E-state index is -4.34. The molecule has 0 unspecified atom stereocenters. The zero-order valence-corrected chi connectivity index (χ0v) is 40.3. The highest BCUT2D eigenvalue weighted by Crippen LogP contribution is 2.33. The molecule has 0 aliphatic heterocycles. The van der Waals surface area contributed by atoms with E-state index >= 15 is 0 Å². The van der Waals surface area contributed by atoms with Crippen molar-refractivity contribution in [3.8, 4) is 23.0 Å². The van der Waals surface area contributed by atoms with Gasteiger partial charge in [-0.05, 0) is 149 Å². The average molecular weight is 988 g/mol. The molecule has 0 spiro atoms. The van der Waals surface area contributed by atoms with Crippen molar-refractivity contribution in [3.05, 3.63) is 163 Å². The van der Waals surface area contributed by atoms with E-state index in [1.165, 1.54) is 36.5 Å². The van der Waals surface area contributed by atoms with Crippen LogP contribution in [0.2, 0.25) is 0 Å². The minimum Gasteiger partial charge on any atom is -0.494 e. The second-order valence-corrected chi connectivity index (χ2v) is 18.3. The second kappa shape index (κ2) is 26.2. The van der Waals surface area contributed by atoms with Crippen LogP contribution in [0.15, 0.2) is 151 Å². The van der Waals surface area contributed by atoms with Crippen molar-refractivity contribution >= 4 is 66.8 Å². The molecule has 1 heterocycles. The highest BCUT2D eigenvalue weighted by atomic mass is 32.2. The molecule has 0 aliphatic rings. The topological polar surface area (TPSA) is 186 Å². The zero-order chi connectivity index (χ0) is 49.7. The largest absolute Gasteiger partial charge is 0.494 e. The predicted molar refractivity (Wildman–Crippen MR) is 268 cm³/mol. The number of aryl methyl sites for hydroxylation is 1. The molecule has 0 saturated carbocycles. The number of thiazole rings is 1. The number of fused-ring (bicyclic) bond motifs is 1. The number of para-hydroxylation sites is 1.